The molecular weight excluding hydrogens is 385 g/mol. The minimum Gasteiger partial charge on any atom is -0.507 e. The maximum Gasteiger partial charge on any atom is 0.295 e. The van der Waals surface area contributed by atoms with E-state index in [-0.39, 0.29) is 11.3 Å². The number of nitrogens with zero attached hydrogens (tertiary/aromatic N) is 1. The summed E-state index contributed by atoms with van der Waals surface area (Å²) in [7, 11) is 0. The van der Waals surface area contributed by atoms with E-state index in [1.165, 1.54) is 29.2 Å². The van der Waals surface area contributed by atoms with Crippen molar-refractivity contribution in [3.8, 4) is 5.75 Å². The molecule has 0 aliphatic carbocycles. The maximum atomic E-state index is 13.4. The Morgan fingerprint density at radius 3 is 2.50 bits per heavy atom. The van der Waals surface area contributed by atoms with Crippen LogP contribution in [0.3, 0.4) is 0 Å². The van der Waals surface area contributed by atoms with Gasteiger partial charge in [-0.1, -0.05) is 45.0 Å². The highest BCUT2D eigenvalue weighted by atomic mass is 19.1. The number of ketones is 1. The number of benzene rings is 2. The van der Waals surface area contributed by atoms with E-state index >= 15 is 0 Å². The Kier molecular flexibility index (Phi) is 6.55. The number of hydrogen-bond acceptors (Lipinski definition) is 4. The fraction of sp³-hybridized carbons (Fsp3) is 0.333. The van der Waals surface area contributed by atoms with Crippen LogP contribution in [-0.4, -0.2) is 34.8 Å². The zero-order valence-corrected chi connectivity index (χ0v) is 17.4. The third-order valence-corrected chi connectivity index (χ3v) is 4.88. The van der Waals surface area contributed by atoms with Crippen LogP contribution in [0.5, 0.6) is 5.75 Å². The predicted molar refractivity (Wildman–Crippen MR) is 112 cm³/mol. The standard InChI is InChI=1S/C24H26FNO4/c1-4-12-26-21(16-8-10-18(25)11-9-16)20(23(28)24(26)29)22(27)17-6-5-7-19(13-17)30-14-15(2)3/h5-11,13,15,21,27H,4,12,14H2,1-3H3/b22-20-. The van der Waals surface area contributed by atoms with Crippen LogP contribution >= 0.6 is 0 Å². The second-order valence-electron chi connectivity index (χ2n) is 7.78. The first-order valence-corrected chi connectivity index (χ1v) is 10.1. The molecular formula is C24H26FNO4. The first-order valence-electron chi connectivity index (χ1n) is 10.1. The van der Waals surface area contributed by atoms with Gasteiger partial charge >= 0.3 is 0 Å². The van der Waals surface area contributed by atoms with Gasteiger partial charge in [0, 0.05) is 12.1 Å². The van der Waals surface area contributed by atoms with E-state index in [2.05, 4.69) is 0 Å². The molecule has 0 saturated carbocycles. The highest BCUT2D eigenvalue weighted by Gasteiger charge is 2.45. The molecule has 158 valence electrons. The van der Waals surface area contributed by atoms with Crippen molar-refractivity contribution in [3.05, 3.63) is 71.0 Å². The van der Waals surface area contributed by atoms with Crippen LogP contribution < -0.4 is 4.74 Å². The van der Waals surface area contributed by atoms with E-state index < -0.39 is 23.5 Å². The van der Waals surface area contributed by atoms with Crippen molar-refractivity contribution in [2.75, 3.05) is 13.2 Å². The van der Waals surface area contributed by atoms with Crippen molar-refractivity contribution in [1.29, 1.82) is 0 Å². The largest absolute Gasteiger partial charge is 0.507 e. The first-order chi connectivity index (χ1) is 14.3. The molecule has 1 aliphatic rings. The van der Waals surface area contributed by atoms with E-state index in [1.807, 2.05) is 20.8 Å². The molecule has 6 heteroatoms. The van der Waals surface area contributed by atoms with Crippen molar-refractivity contribution in [2.45, 2.75) is 33.2 Å². The van der Waals surface area contributed by atoms with Crippen molar-refractivity contribution in [3.63, 3.8) is 0 Å². The summed E-state index contributed by atoms with van der Waals surface area (Å²) in [5.41, 5.74) is 0.955. The van der Waals surface area contributed by atoms with Gasteiger partial charge in [-0.25, -0.2) is 4.39 Å². The van der Waals surface area contributed by atoms with Crippen molar-refractivity contribution < 1.29 is 23.8 Å². The van der Waals surface area contributed by atoms with Crippen LogP contribution in [0.25, 0.3) is 5.76 Å². The number of aliphatic hydroxyl groups excluding tert-OH is 1. The third kappa shape index (κ3) is 4.37. The summed E-state index contributed by atoms with van der Waals surface area (Å²) in [6, 6.07) is 11.6. The first kappa shape index (κ1) is 21.6. The number of aliphatic hydroxyl groups is 1. The van der Waals surface area contributed by atoms with Crippen LogP contribution in [0.2, 0.25) is 0 Å². The average molecular weight is 411 g/mol. The number of ether oxygens (including phenoxy) is 1. The minimum absolute atomic E-state index is 0.000989. The summed E-state index contributed by atoms with van der Waals surface area (Å²) in [6.07, 6.45) is 0.642. The van der Waals surface area contributed by atoms with E-state index in [1.54, 1.807) is 24.3 Å². The normalized spacial score (nSPS) is 18.3. The number of hydrogen-bond donors (Lipinski definition) is 1. The molecule has 1 amide bonds. The van der Waals surface area contributed by atoms with Gasteiger partial charge in [0.05, 0.1) is 18.2 Å². The maximum absolute atomic E-state index is 13.4. The average Bonchev–Trinajstić information content (AvgIpc) is 2.98. The summed E-state index contributed by atoms with van der Waals surface area (Å²) in [5.74, 6) is -1.20. The zero-order chi connectivity index (χ0) is 21.8. The van der Waals surface area contributed by atoms with E-state index in [0.717, 1.165) is 0 Å². The Hall–Kier alpha value is -3.15. The molecule has 2 aromatic rings. The highest BCUT2D eigenvalue weighted by Crippen LogP contribution is 2.39. The number of rotatable bonds is 7. The van der Waals surface area contributed by atoms with Crippen LogP contribution in [0.1, 0.15) is 44.4 Å². The molecule has 0 radical (unpaired) electrons. The van der Waals surface area contributed by atoms with Crippen LogP contribution in [0.15, 0.2) is 54.1 Å². The quantitative estimate of drug-likeness (QED) is 0.408. The van der Waals surface area contributed by atoms with Gasteiger partial charge in [-0.3, -0.25) is 9.59 Å². The van der Waals surface area contributed by atoms with Gasteiger partial charge in [0.15, 0.2) is 0 Å². The second-order valence-corrected chi connectivity index (χ2v) is 7.78. The van der Waals surface area contributed by atoms with Gasteiger partial charge in [0.2, 0.25) is 0 Å². The second kappa shape index (κ2) is 9.11. The number of amides is 1. The molecule has 0 aromatic heterocycles. The molecule has 2 aromatic carbocycles. The molecule has 1 heterocycles. The minimum atomic E-state index is -0.772. The fourth-order valence-corrected chi connectivity index (χ4v) is 3.49. The van der Waals surface area contributed by atoms with Crippen molar-refractivity contribution >= 4 is 17.4 Å². The monoisotopic (exact) mass is 411 g/mol. The summed E-state index contributed by atoms with van der Waals surface area (Å²) in [4.78, 5) is 26.9. The number of halogens is 1. The lowest BCUT2D eigenvalue weighted by molar-refractivity contribution is -0.139. The molecule has 3 rings (SSSR count). The molecule has 30 heavy (non-hydrogen) atoms. The molecule has 1 fully saturated rings. The van der Waals surface area contributed by atoms with E-state index in [9.17, 15) is 19.1 Å². The van der Waals surface area contributed by atoms with Crippen molar-refractivity contribution in [1.82, 2.24) is 4.90 Å². The molecule has 1 aliphatic heterocycles. The topological polar surface area (TPSA) is 66.8 Å². The summed E-state index contributed by atoms with van der Waals surface area (Å²) in [5, 5.41) is 11.0. The Bertz CT molecular complexity index is 965. The Labute approximate surface area is 175 Å². The number of likely N-dealkylation sites (tertiary alicyclic amines) is 1. The highest BCUT2D eigenvalue weighted by molar-refractivity contribution is 6.46. The molecule has 1 saturated heterocycles. The van der Waals surface area contributed by atoms with Gasteiger partial charge in [-0.05, 0) is 42.2 Å². The van der Waals surface area contributed by atoms with Gasteiger partial charge in [0.25, 0.3) is 11.7 Å². The van der Waals surface area contributed by atoms with Crippen LogP contribution in [0, 0.1) is 11.7 Å². The Morgan fingerprint density at radius 2 is 1.87 bits per heavy atom. The number of carbonyl (C=O) groups is 2. The van der Waals surface area contributed by atoms with E-state index in [0.29, 0.717) is 42.4 Å². The van der Waals surface area contributed by atoms with Gasteiger partial charge in [0.1, 0.15) is 17.3 Å². The lowest BCUT2D eigenvalue weighted by atomic mass is 9.95. The molecule has 1 N–H and O–H groups in total. The lowest BCUT2D eigenvalue weighted by Crippen LogP contribution is -2.30. The van der Waals surface area contributed by atoms with E-state index in [4.69, 9.17) is 4.74 Å². The van der Waals surface area contributed by atoms with Crippen molar-refractivity contribution in [2.24, 2.45) is 5.92 Å². The molecule has 0 spiro atoms. The summed E-state index contributed by atoms with van der Waals surface area (Å²) >= 11 is 0. The molecule has 1 unspecified atom stereocenters. The number of Topliss-reactive ketones (excluding diaryl/α,β-unsaturated/α-hetero) is 1. The molecule has 0 bridgehead atoms. The molecule has 5 nitrogen and oxygen atoms in total. The molecule has 1 atom stereocenters. The SMILES string of the molecule is CCCN1C(=O)C(=O)/C(=C(\O)c2cccc(OCC(C)C)c2)C1c1ccc(F)cc1. The summed E-state index contributed by atoms with van der Waals surface area (Å²) in [6.45, 7) is 6.82. The predicted octanol–water partition coefficient (Wildman–Crippen LogP) is 4.69. The zero-order valence-electron chi connectivity index (χ0n) is 17.4. The Balaban J connectivity index is 2.08. The van der Waals surface area contributed by atoms with Gasteiger partial charge < -0.3 is 14.7 Å². The van der Waals surface area contributed by atoms with Gasteiger partial charge in [-0.15, -0.1) is 0 Å². The number of carbonyl (C=O) groups excluding carboxylic acids is 2. The lowest BCUT2D eigenvalue weighted by Gasteiger charge is -2.24. The smallest absolute Gasteiger partial charge is 0.295 e. The van der Waals surface area contributed by atoms with Gasteiger partial charge in [-0.2, -0.15) is 0 Å². The third-order valence-electron chi connectivity index (χ3n) is 4.88. The Morgan fingerprint density at radius 1 is 1.17 bits per heavy atom. The fourth-order valence-electron chi connectivity index (χ4n) is 3.49. The summed E-state index contributed by atoms with van der Waals surface area (Å²) < 4.78 is 19.2. The van der Waals surface area contributed by atoms with Crippen LogP contribution in [0.4, 0.5) is 4.39 Å². The van der Waals surface area contributed by atoms with Crippen LogP contribution in [-0.2, 0) is 9.59 Å².